The third-order valence-corrected chi connectivity index (χ3v) is 5.83. The molecule has 1 N–H and O–H groups in total. The molecular formula is C19H23BrN2O3S. The summed E-state index contributed by atoms with van der Waals surface area (Å²) in [5, 5.41) is 2.87. The van der Waals surface area contributed by atoms with Gasteiger partial charge < -0.3 is 5.32 Å². The number of carbonyl (C=O) groups is 1. The minimum absolute atomic E-state index is 0.217. The summed E-state index contributed by atoms with van der Waals surface area (Å²) >= 11 is 3.32. The number of anilines is 1. The van der Waals surface area contributed by atoms with E-state index in [-0.39, 0.29) is 18.5 Å². The summed E-state index contributed by atoms with van der Waals surface area (Å²) in [6.07, 6.45) is 1.09. The van der Waals surface area contributed by atoms with Crippen molar-refractivity contribution < 1.29 is 13.2 Å². The second-order valence-corrected chi connectivity index (χ2v) is 9.20. The maximum atomic E-state index is 12.5. The van der Waals surface area contributed by atoms with Crippen molar-refractivity contribution in [3.05, 3.63) is 63.6 Å². The van der Waals surface area contributed by atoms with Crippen molar-refractivity contribution in [2.75, 3.05) is 17.1 Å². The molecule has 0 radical (unpaired) electrons. The van der Waals surface area contributed by atoms with Gasteiger partial charge in [-0.05, 0) is 55.7 Å². The molecule has 0 aliphatic rings. The number of carbonyl (C=O) groups excluding carboxylic acids is 1. The van der Waals surface area contributed by atoms with Crippen LogP contribution in [-0.2, 0) is 14.8 Å². The lowest BCUT2D eigenvalue weighted by Crippen LogP contribution is -2.41. The summed E-state index contributed by atoms with van der Waals surface area (Å²) in [4.78, 5) is 12.5. The Kier molecular flexibility index (Phi) is 6.47. The Labute approximate surface area is 163 Å². The largest absolute Gasteiger partial charge is 0.348 e. The molecule has 0 heterocycles. The van der Waals surface area contributed by atoms with Gasteiger partial charge in [0.05, 0.1) is 18.0 Å². The van der Waals surface area contributed by atoms with Crippen LogP contribution >= 0.6 is 15.9 Å². The third kappa shape index (κ3) is 5.32. The monoisotopic (exact) mass is 438 g/mol. The summed E-state index contributed by atoms with van der Waals surface area (Å²) in [6, 6.07) is 12.6. The van der Waals surface area contributed by atoms with Crippen LogP contribution in [0.4, 0.5) is 5.69 Å². The van der Waals surface area contributed by atoms with Gasteiger partial charge in [-0.15, -0.1) is 0 Å². The number of sulfonamides is 1. The van der Waals surface area contributed by atoms with Gasteiger partial charge in [0.15, 0.2) is 0 Å². The molecule has 0 unspecified atom stereocenters. The molecule has 2 aromatic carbocycles. The summed E-state index contributed by atoms with van der Waals surface area (Å²) in [6.45, 7) is 5.66. The van der Waals surface area contributed by atoms with E-state index in [4.69, 9.17) is 0 Å². The zero-order valence-corrected chi connectivity index (χ0v) is 17.7. The van der Waals surface area contributed by atoms with Crippen LogP contribution in [0.1, 0.15) is 29.7 Å². The van der Waals surface area contributed by atoms with Crippen molar-refractivity contribution in [2.45, 2.75) is 26.8 Å². The molecule has 0 bridgehead atoms. The van der Waals surface area contributed by atoms with Crippen molar-refractivity contribution >= 4 is 37.5 Å². The smallest absolute Gasteiger partial charge is 0.241 e. The summed E-state index contributed by atoms with van der Waals surface area (Å²) in [5.41, 5.74) is 3.76. The number of amides is 1. The predicted octanol–water partition coefficient (Wildman–Crippen LogP) is 3.71. The molecule has 7 heteroatoms. The first-order chi connectivity index (χ1) is 12.1. The molecule has 5 nitrogen and oxygen atoms in total. The lowest BCUT2D eigenvalue weighted by molar-refractivity contribution is -0.120. The molecule has 0 aromatic heterocycles. The second-order valence-electron chi connectivity index (χ2n) is 6.38. The first-order valence-electron chi connectivity index (χ1n) is 8.17. The summed E-state index contributed by atoms with van der Waals surface area (Å²) in [7, 11) is -3.59. The Hall–Kier alpha value is -1.86. The molecule has 0 saturated heterocycles. The summed E-state index contributed by atoms with van der Waals surface area (Å²) < 4.78 is 26.1. The van der Waals surface area contributed by atoms with Crippen LogP contribution < -0.4 is 9.62 Å². The highest BCUT2D eigenvalue weighted by Crippen LogP contribution is 2.22. The first-order valence-corrected chi connectivity index (χ1v) is 10.8. The van der Waals surface area contributed by atoms with Crippen molar-refractivity contribution in [1.82, 2.24) is 5.32 Å². The Bertz CT molecular complexity index is 913. The molecule has 26 heavy (non-hydrogen) atoms. The lowest BCUT2D eigenvalue weighted by atomic mass is 10.0. The molecule has 2 aromatic rings. The van der Waals surface area contributed by atoms with E-state index >= 15 is 0 Å². The minimum atomic E-state index is -3.59. The predicted molar refractivity (Wildman–Crippen MR) is 109 cm³/mol. The van der Waals surface area contributed by atoms with E-state index in [0.717, 1.165) is 26.2 Å². The van der Waals surface area contributed by atoms with Crippen LogP contribution in [0.3, 0.4) is 0 Å². The SMILES string of the molecule is Cc1ccc([C@@H](C)NC(=O)CN(c2cccc(Br)c2)S(C)(=O)=O)cc1C. The number of aryl methyl sites for hydroxylation is 2. The molecular weight excluding hydrogens is 416 g/mol. The Balaban J connectivity index is 2.15. The number of halogens is 1. The molecule has 1 amide bonds. The molecule has 0 aliphatic heterocycles. The van der Waals surface area contributed by atoms with E-state index in [0.29, 0.717) is 5.69 Å². The quantitative estimate of drug-likeness (QED) is 0.747. The maximum absolute atomic E-state index is 12.5. The zero-order valence-electron chi connectivity index (χ0n) is 15.3. The Morgan fingerprint density at radius 1 is 1.15 bits per heavy atom. The number of hydrogen-bond donors (Lipinski definition) is 1. The van der Waals surface area contributed by atoms with Gasteiger partial charge in [-0.2, -0.15) is 0 Å². The van der Waals surface area contributed by atoms with E-state index < -0.39 is 10.0 Å². The van der Waals surface area contributed by atoms with Gasteiger partial charge in [0.25, 0.3) is 0 Å². The van der Waals surface area contributed by atoms with Gasteiger partial charge in [-0.3, -0.25) is 9.10 Å². The maximum Gasteiger partial charge on any atom is 0.241 e. The first kappa shape index (κ1) is 20.5. The fourth-order valence-electron chi connectivity index (χ4n) is 2.57. The zero-order chi connectivity index (χ0) is 19.5. The highest BCUT2D eigenvalue weighted by atomic mass is 79.9. The van der Waals surface area contributed by atoms with E-state index in [9.17, 15) is 13.2 Å². The van der Waals surface area contributed by atoms with Gasteiger partial charge in [0.1, 0.15) is 6.54 Å². The molecule has 0 fully saturated rings. The number of nitrogens with one attached hydrogen (secondary N) is 1. The van der Waals surface area contributed by atoms with E-state index in [1.165, 1.54) is 5.56 Å². The lowest BCUT2D eigenvalue weighted by Gasteiger charge is -2.23. The van der Waals surface area contributed by atoms with E-state index in [1.807, 2.05) is 39.0 Å². The topological polar surface area (TPSA) is 66.5 Å². The van der Waals surface area contributed by atoms with Crippen LogP contribution in [0, 0.1) is 13.8 Å². The fourth-order valence-corrected chi connectivity index (χ4v) is 3.80. The average molecular weight is 439 g/mol. The fraction of sp³-hybridized carbons (Fsp3) is 0.316. The van der Waals surface area contributed by atoms with Crippen molar-refractivity contribution in [3.8, 4) is 0 Å². The van der Waals surface area contributed by atoms with Gasteiger partial charge in [0.2, 0.25) is 15.9 Å². The normalized spacial score (nSPS) is 12.5. The Morgan fingerprint density at radius 2 is 1.85 bits per heavy atom. The van der Waals surface area contributed by atoms with Gasteiger partial charge >= 0.3 is 0 Å². The third-order valence-electron chi connectivity index (χ3n) is 4.19. The van der Waals surface area contributed by atoms with Gasteiger partial charge in [0, 0.05) is 4.47 Å². The second kappa shape index (κ2) is 8.22. The molecule has 0 saturated carbocycles. The average Bonchev–Trinajstić information content (AvgIpc) is 2.54. The van der Waals surface area contributed by atoms with Gasteiger partial charge in [-0.25, -0.2) is 8.42 Å². The van der Waals surface area contributed by atoms with Crippen LogP contribution in [0.15, 0.2) is 46.9 Å². The van der Waals surface area contributed by atoms with Crippen molar-refractivity contribution in [2.24, 2.45) is 0 Å². The van der Waals surface area contributed by atoms with Crippen LogP contribution in [0.5, 0.6) is 0 Å². The van der Waals surface area contributed by atoms with Crippen molar-refractivity contribution in [3.63, 3.8) is 0 Å². The van der Waals surface area contributed by atoms with Crippen LogP contribution in [0.2, 0.25) is 0 Å². The van der Waals surface area contributed by atoms with Crippen LogP contribution in [0.25, 0.3) is 0 Å². The number of nitrogens with zero attached hydrogens (tertiary/aromatic N) is 1. The highest BCUT2D eigenvalue weighted by Gasteiger charge is 2.22. The van der Waals surface area contributed by atoms with Gasteiger partial charge in [-0.1, -0.05) is 40.2 Å². The standard InChI is InChI=1S/C19H23BrN2O3S/c1-13-8-9-16(10-14(13)2)15(3)21-19(23)12-22(26(4,24)25)18-7-5-6-17(20)11-18/h5-11,15H,12H2,1-4H3,(H,21,23)/t15-/m1/s1. The summed E-state index contributed by atoms with van der Waals surface area (Å²) in [5.74, 6) is -0.360. The highest BCUT2D eigenvalue weighted by molar-refractivity contribution is 9.10. The molecule has 140 valence electrons. The number of benzene rings is 2. The molecule has 0 spiro atoms. The van der Waals surface area contributed by atoms with Crippen molar-refractivity contribution in [1.29, 1.82) is 0 Å². The van der Waals surface area contributed by atoms with E-state index in [1.54, 1.807) is 24.3 Å². The van der Waals surface area contributed by atoms with Crippen LogP contribution in [-0.4, -0.2) is 27.1 Å². The molecule has 2 rings (SSSR count). The Morgan fingerprint density at radius 3 is 2.42 bits per heavy atom. The minimum Gasteiger partial charge on any atom is -0.348 e. The van der Waals surface area contributed by atoms with E-state index in [2.05, 4.69) is 21.2 Å². The molecule has 0 aliphatic carbocycles. The molecule has 1 atom stereocenters. The number of rotatable bonds is 6. The number of hydrogen-bond acceptors (Lipinski definition) is 3.